The lowest BCUT2D eigenvalue weighted by Crippen LogP contribution is -2.18. The van der Waals surface area contributed by atoms with E-state index in [1.54, 1.807) is 30.3 Å². The monoisotopic (exact) mass is 212 g/mol. The van der Waals surface area contributed by atoms with E-state index in [0.29, 0.717) is 11.1 Å². The van der Waals surface area contributed by atoms with Gasteiger partial charge in [0.15, 0.2) is 0 Å². The molecule has 78 valence electrons. The minimum Gasteiger partial charge on any atom is -0.332 e. The van der Waals surface area contributed by atoms with E-state index < -0.39 is 5.97 Å². The minimum atomic E-state index is -0.458. The van der Waals surface area contributed by atoms with Crippen LogP contribution in [0.4, 0.5) is 0 Å². The summed E-state index contributed by atoms with van der Waals surface area (Å²) >= 11 is 0. The Morgan fingerprint density at radius 3 is 2.62 bits per heavy atom. The summed E-state index contributed by atoms with van der Waals surface area (Å²) in [4.78, 5) is 16.6. The lowest BCUT2D eigenvalue weighted by Gasteiger charge is -2.03. The summed E-state index contributed by atoms with van der Waals surface area (Å²) in [6.45, 7) is 0. The largest absolute Gasteiger partial charge is 0.363 e. The molecular formula is C12H8N2O2. The smallest absolute Gasteiger partial charge is 0.332 e. The summed E-state index contributed by atoms with van der Waals surface area (Å²) in [6.07, 6.45) is 2.96. The molecule has 0 amide bonds. The van der Waals surface area contributed by atoms with Crippen LogP contribution in [0.1, 0.15) is 15.9 Å². The molecule has 0 fully saturated rings. The fourth-order valence-electron chi connectivity index (χ4n) is 1.22. The highest BCUT2D eigenvalue weighted by Crippen LogP contribution is 2.01. The molecule has 0 N–H and O–H groups in total. The van der Waals surface area contributed by atoms with E-state index in [1.165, 1.54) is 17.1 Å². The summed E-state index contributed by atoms with van der Waals surface area (Å²) in [5.41, 5.74) is 0.913. The Kier molecular flexibility index (Phi) is 2.70. The zero-order chi connectivity index (χ0) is 11.4. The Morgan fingerprint density at radius 2 is 2.00 bits per heavy atom. The van der Waals surface area contributed by atoms with Gasteiger partial charge >= 0.3 is 5.97 Å². The zero-order valence-electron chi connectivity index (χ0n) is 8.33. The van der Waals surface area contributed by atoms with Gasteiger partial charge in [-0.1, -0.05) is 18.2 Å². The molecule has 0 spiro atoms. The number of carbonyl (C=O) groups excluding carboxylic acids is 1. The Morgan fingerprint density at radius 1 is 1.25 bits per heavy atom. The van der Waals surface area contributed by atoms with Crippen LogP contribution in [0.5, 0.6) is 0 Å². The number of hydrogen-bond donors (Lipinski definition) is 0. The van der Waals surface area contributed by atoms with E-state index in [0.717, 1.165) is 0 Å². The van der Waals surface area contributed by atoms with Gasteiger partial charge in [0.25, 0.3) is 0 Å². The first-order valence-corrected chi connectivity index (χ1v) is 4.65. The number of aromatic nitrogens is 1. The Balaban J connectivity index is 2.11. The lowest BCUT2D eigenvalue weighted by atomic mass is 10.2. The van der Waals surface area contributed by atoms with Crippen molar-refractivity contribution in [1.82, 2.24) is 4.73 Å². The average Bonchev–Trinajstić information content (AvgIpc) is 2.78. The maximum absolute atomic E-state index is 11.6. The van der Waals surface area contributed by atoms with Crippen molar-refractivity contribution in [3.05, 3.63) is 59.9 Å². The predicted molar refractivity (Wildman–Crippen MR) is 56.5 cm³/mol. The summed E-state index contributed by atoms with van der Waals surface area (Å²) in [5.74, 6) is -0.458. The van der Waals surface area contributed by atoms with Crippen LogP contribution in [0.3, 0.4) is 0 Å². The number of carbonyl (C=O) groups is 1. The SMILES string of the molecule is N#Cc1ccn(OC(=O)c2ccccc2)c1. The first kappa shape index (κ1) is 9.99. The molecule has 0 saturated carbocycles. The second kappa shape index (κ2) is 4.32. The van der Waals surface area contributed by atoms with E-state index in [4.69, 9.17) is 10.1 Å². The van der Waals surface area contributed by atoms with Gasteiger partial charge in [-0.05, 0) is 18.2 Å². The molecule has 1 aromatic heterocycles. The molecular weight excluding hydrogens is 204 g/mol. The molecule has 0 aliphatic heterocycles. The van der Waals surface area contributed by atoms with Gasteiger partial charge in [0.2, 0.25) is 0 Å². The number of benzene rings is 1. The maximum atomic E-state index is 11.6. The molecule has 0 aliphatic carbocycles. The highest BCUT2D eigenvalue weighted by Gasteiger charge is 2.07. The molecule has 1 heterocycles. The van der Waals surface area contributed by atoms with Crippen LogP contribution in [0.25, 0.3) is 0 Å². The van der Waals surface area contributed by atoms with Crippen LogP contribution in [-0.2, 0) is 0 Å². The van der Waals surface area contributed by atoms with Crippen molar-refractivity contribution >= 4 is 5.97 Å². The first-order chi connectivity index (χ1) is 7.79. The number of rotatable bonds is 2. The topological polar surface area (TPSA) is 55.0 Å². The molecule has 2 rings (SSSR count). The van der Waals surface area contributed by atoms with Crippen molar-refractivity contribution in [2.45, 2.75) is 0 Å². The molecule has 0 unspecified atom stereocenters. The van der Waals surface area contributed by atoms with Gasteiger partial charge in [-0.2, -0.15) is 9.99 Å². The van der Waals surface area contributed by atoms with Crippen LogP contribution < -0.4 is 4.84 Å². The molecule has 0 radical (unpaired) electrons. The van der Waals surface area contributed by atoms with Gasteiger partial charge in [0.1, 0.15) is 6.07 Å². The molecule has 0 atom stereocenters. The molecule has 16 heavy (non-hydrogen) atoms. The van der Waals surface area contributed by atoms with Gasteiger partial charge < -0.3 is 4.84 Å². The zero-order valence-corrected chi connectivity index (χ0v) is 8.33. The van der Waals surface area contributed by atoms with Gasteiger partial charge in [-0.15, -0.1) is 0 Å². The molecule has 1 aromatic carbocycles. The summed E-state index contributed by atoms with van der Waals surface area (Å²) in [6, 6.07) is 12.2. The highest BCUT2D eigenvalue weighted by molar-refractivity contribution is 5.89. The normalized spacial score (nSPS) is 9.44. The van der Waals surface area contributed by atoms with E-state index in [2.05, 4.69) is 0 Å². The van der Waals surface area contributed by atoms with Crippen molar-refractivity contribution in [2.24, 2.45) is 0 Å². The van der Waals surface area contributed by atoms with Gasteiger partial charge in [0.05, 0.1) is 17.3 Å². The third kappa shape index (κ3) is 2.10. The van der Waals surface area contributed by atoms with Crippen LogP contribution in [0.15, 0.2) is 48.8 Å². The van der Waals surface area contributed by atoms with E-state index in [-0.39, 0.29) is 0 Å². The van der Waals surface area contributed by atoms with Crippen LogP contribution in [-0.4, -0.2) is 10.7 Å². The maximum Gasteiger partial charge on any atom is 0.363 e. The molecule has 0 bridgehead atoms. The van der Waals surface area contributed by atoms with E-state index in [9.17, 15) is 4.79 Å². The summed E-state index contributed by atoms with van der Waals surface area (Å²) < 4.78 is 1.22. The van der Waals surface area contributed by atoms with Gasteiger partial charge in [0, 0.05) is 6.20 Å². The molecule has 0 aliphatic rings. The lowest BCUT2D eigenvalue weighted by molar-refractivity contribution is 0.0463. The second-order valence-corrected chi connectivity index (χ2v) is 3.12. The molecule has 4 heteroatoms. The quantitative estimate of drug-likeness (QED) is 0.760. The van der Waals surface area contributed by atoms with Crippen LogP contribution in [0, 0.1) is 11.3 Å². The van der Waals surface area contributed by atoms with Crippen LogP contribution in [0.2, 0.25) is 0 Å². The third-order valence-corrected chi connectivity index (χ3v) is 1.99. The van der Waals surface area contributed by atoms with Crippen molar-refractivity contribution in [3.63, 3.8) is 0 Å². The molecule has 2 aromatic rings. The number of hydrogen-bond acceptors (Lipinski definition) is 3. The predicted octanol–water partition coefficient (Wildman–Crippen LogP) is 1.63. The highest BCUT2D eigenvalue weighted by atomic mass is 16.7. The average molecular weight is 212 g/mol. The Bertz CT molecular complexity index is 538. The van der Waals surface area contributed by atoms with Gasteiger partial charge in [-0.25, -0.2) is 4.79 Å². The van der Waals surface area contributed by atoms with E-state index in [1.807, 2.05) is 12.1 Å². The van der Waals surface area contributed by atoms with Gasteiger partial charge in [-0.3, -0.25) is 0 Å². The second-order valence-electron chi connectivity index (χ2n) is 3.12. The molecule has 0 saturated heterocycles. The fourth-order valence-corrected chi connectivity index (χ4v) is 1.22. The fraction of sp³-hybridized carbons (Fsp3) is 0. The Labute approximate surface area is 92.3 Å². The Hall–Kier alpha value is -2.54. The number of nitriles is 1. The van der Waals surface area contributed by atoms with Crippen LogP contribution >= 0.6 is 0 Å². The molecule has 4 nitrogen and oxygen atoms in total. The van der Waals surface area contributed by atoms with Crippen molar-refractivity contribution in [2.75, 3.05) is 0 Å². The minimum absolute atomic E-state index is 0.445. The van der Waals surface area contributed by atoms with E-state index >= 15 is 0 Å². The van der Waals surface area contributed by atoms with Crippen molar-refractivity contribution < 1.29 is 9.63 Å². The standard InChI is InChI=1S/C12H8N2O2/c13-8-10-6-7-14(9-10)16-12(15)11-4-2-1-3-5-11/h1-7,9H. The van der Waals surface area contributed by atoms with Crippen molar-refractivity contribution in [3.8, 4) is 6.07 Å². The van der Waals surface area contributed by atoms with Crippen molar-refractivity contribution in [1.29, 1.82) is 5.26 Å². The number of nitrogens with zero attached hydrogens (tertiary/aromatic N) is 2. The summed E-state index contributed by atoms with van der Waals surface area (Å²) in [5, 5.41) is 8.60. The third-order valence-electron chi connectivity index (χ3n) is 1.99. The summed E-state index contributed by atoms with van der Waals surface area (Å²) in [7, 11) is 0. The first-order valence-electron chi connectivity index (χ1n) is 4.65.